The van der Waals surface area contributed by atoms with Gasteiger partial charge in [0.05, 0.1) is 17.1 Å². The van der Waals surface area contributed by atoms with Gasteiger partial charge in [0.1, 0.15) is 0 Å². The molecule has 0 bridgehead atoms. The van der Waals surface area contributed by atoms with Crippen LogP contribution in [-0.4, -0.2) is 0 Å². The highest BCUT2D eigenvalue weighted by Crippen LogP contribution is 2.45. The first-order valence-electron chi connectivity index (χ1n) is 46.4. The number of nitrogens with two attached hydrogens (primary N) is 1. The normalized spacial score (nSPS) is 10.6. The van der Waals surface area contributed by atoms with Crippen molar-refractivity contribution in [2.24, 2.45) is 0 Å². The minimum absolute atomic E-state index is 0.822. The van der Waals surface area contributed by atoms with Gasteiger partial charge in [-0.3, -0.25) is 0 Å². The van der Waals surface area contributed by atoms with Gasteiger partial charge in [0, 0.05) is 102 Å². The number of para-hydroxylation sites is 6. The third-order valence-corrected chi connectivity index (χ3v) is 26.1. The second-order valence-corrected chi connectivity index (χ2v) is 36.9. The van der Waals surface area contributed by atoms with E-state index in [0.29, 0.717) is 0 Å². The second-order valence-electron chi connectivity index (χ2n) is 33.3. The van der Waals surface area contributed by atoms with Crippen molar-refractivity contribution in [2.45, 2.75) is 0 Å². The van der Waals surface area contributed by atoms with Gasteiger partial charge in [-0.1, -0.05) is 440 Å². The molecule has 23 aromatic carbocycles. The molecule has 0 spiro atoms. The van der Waals surface area contributed by atoms with E-state index in [9.17, 15) is 0 Å². The van der Waals surface area contributed by atoms with E-state index < -0.39 is 0 Å². The van der Waals surface area contributed by atoms with Gasteiger partial charge in [-0.2, -0.15) is 0 Å². The minimum Gasteiger partial charge on any atom is -0.399 e. The summed E-state index contributed by atoms with van der Waals surface area (Å²) in [6.45, 7) is 0. The second kappa shape index (κ2) is 47.1. The van der Waals surface area contributed by atoms with Gasteiger partial charge in [0.2, 0.25) is 0 Å². The molecule has 0 saturated carbocycles. The van der Waals surface area contributed by atoms with Crippen LogP contribution in [0.3, 0.4) is 0 Å². The molecular formula is C130H98Br4N6. The summed E-state index contributed by atoms with van der Waals surface area (Å²) < 4.78 is 4.40. The van der Waals surface area contributed by atoms with Gasteiger partial charge in [-0.15, -0.1) is 0 Å². The van der Waals surface area contributed by atoms with Gasteiger partial charge >= 0.3 is 0 Å². The standard InChI is InChI=1S/C34H24BrN.C34H26N2.C28H20BrN.C16H13N.C12H8Br2.C6H7N/c35-30-21-17-27(18-22-30)25-13-15-26(16-14-25)28-19-23-32(24-20-28)36(31-9-2-1-3-10-31)34-12-6-8-29-7-4-5-11-33(29)34;1-3-12-29(13-4-1)35-30-22-18-26(19-23-30)27-20-24-32(25-21-27)36(31-14-5-2-6-15-31)34-17-9-11-28-10-7-8-16-33(28)34;29-24-17-13-21(14-18-24)22-15-19-26(20-16-22)30(25-9-2-1-3-10-25)28-12-6-8-23-7-4-5-11-27(23)28;1-2-9-14(10-3-1)17-16-12-6-8-13-7-4-5-11-15(13)16;13-11-5-1-9(2-6-11)10-3-7-12(14)8-4-10;7-6-4-2-1-3-5-6/h1-24H;1-25,35H;1-20H;1-12,17H;1-8H;1-5H,7H2. The molecular weight excluding hydrogens is 1970 g/mol. The summed E-state index contributed by atoms with van der Waals surface area (Å²) in [5.74, 6) is 0. The third kappa shape index (κ3) is 24.4. The number of hydrogen-bond donors (Lipinski definition) is 3. The molecule has 0 radical (unpaired) electrons. The van der Waals surface area contributed by atoms with Crippen molar-refractivity contribution in [1.82, 2.24) is 0 Å². The first-order valence-corrected chi connectivity index (χ1v) is 49.6. The maximum absolute atomic E-state index is 5.36. The van der Waals surface area contributed by atoms with Crippen LogP contribution >= 0.6 is 63.7 Å². The number of fused-ring (bicyclic) bond motifs is 4. The Hall–Kier alpha value is -16.2. The zero-order chi connectivity index (χ0) is 95.4. The zero-order valence-electron chi connectivity index (χ0n) is 76.7. The van der Waals surface area contributed by atoms with E-state index in [1.165, 1.54) is 116 Å². The predicted octanol–water partition coefficient (Wildman–Crippen LogP) is 39.6. The van der Waals surface area contributed by atoms with Crippen molar-refractivity contribution in [3.05, 3.63) is 588 Å². The highest BCUT2D eigenvalue weighted by molar-refractivity contribution is 9.11. The number of nitrogen functional groups attached to an aromatic ring is 1. The molecule has 0 aliphatic rings. The third-order valence-electron chi connectivity index (χ3n) is 24.0. The average Bonchev–Trinajstić information content (AvgIpc) is 0.784. The maximum atomic E-state index is 5.36. The fraction of sp³-hybridized carbons (Fsp3) is 0. The predicted molar refractivity (Wildman–Crippen MR) is 615 cm³/mol. The lowest BCUT2D eigenvalue weighted by atomic mass is 10.00. The van der Waals surface area contributed by atoms with Crippen LogP contribution < -0.4 is 31.1 Å². The SMILES string of the molecule is Brc1ccc(-c2ccc(-c3ccc(N(c4ccccc4)c4cccc5ccccc45)cc3)cc2)cc1.Brc1ccc(-c2ccc(Br)cc2)cc1.Brc1ccc(-c2ccc(N(c3ccccc3)c3cccc4ccccc34)cc2)cc1.Nc1ccccc1.c1ccc(Nc2ccc(-c3ccc(N(c4ccccc4)c4cccc5ccccc45)cc3)cc2)cc1.c1ccc(Nc2cccc3ccccc23)cc1. The molecule has 4 N–H and O–H groups in total. The smallest absolute Gasteiger partial charge is 0.0540 e. The van der Waals surface area contributed by atoms with E-state index in [2.05, 4.69) is 593 Å². The topological polar surface area (TPSA) is 59.8 Å². The van der Waals surface area contributed by atoms with Crippen LogP contribution in [0.5, 0.6) is 0 Å². The Kier molecular flexibility index (Phi) is 31.7. The summed E-state index contributed by atoms with van der Waals surface area (Å²) in [5, 5.41) is 16.8. The number of nitrogens with one attached hydrogen (secondary N) is 2. The van der Waals surface area contributed by atoms with Crippen molar-refractivity contribution in [3.8, 4) is 55.6 Å². The Balaban J connectivity index is 0.000000118. The van der Waals surface area contributed by atoms with Crippen molar-refractivity contribution in [1.29, 1.82) is 0 Å². The summed E-state index contributed by atoms with van der Waals surface area (Å²) in [6, 6.07) is 199. The molecule has 0 amide bonds. The van der Waals surface area contributed by atoms with E-state index in [0.717, 1.165) is 80.5 Å². The van der Waals surface area contributed by atoms with Crippen LogP contribution in [0, 0.1) is 0 Å². The van der Waals surface area contributed by atoms with E-state index in [1.54, 1.807) is 0 Å². The van der Waals surface area contributed by atoms with E-state index in [-0.39, 0.29) is 0 Å². The molecule has 6 nitrogen and oxygen atoms in total. The summed E-state index contributed by atoms with van der Waals surface area (Å²) in [7, 11) is 0. The van der Waals surface area contributed by atoms with Crippen LogP contribution in [-0.2, 0) is 0 Å². The minimum atomic E-state index is 0.822. The van der Waals surface area contributed by atoms with E-state index >= 15 is 0 Å². The summed E-state index contributed by atoms with van der Waals surface area (Å²) in [5.41, 5.74) is 33.1. The van der Waals surface area contributed by atoms with Crippen molar-refractivity contribution >= 4 is 186 Å². The van der Waals surface area contributed by atoms with Gasteiger partial charge in [0.25, 0.3) is 0 Å². The van der Waals surface area contributed by atoms with Crippen LogP contribution in [0.1, 0.15) is 0 Å². The van der Waals surface area contributed by atoms with Crippen molar-refractivity contribution in [2.75, 3.05) is 31.1 Å². The number of benzene rings is 23. The summed E-state index contributed by atoms with van der Waals surface area (Å²) in [4.78, 5) is 7.00. The number of anilines is 14. The maximum Gasteiger partial charge on any atom is 0.0540 e. The molecule has 0 unspecified atom stereocenters. The van der Waals surface area contributed by atoms with Gasteiger partial charge in [0.15, 0.2) is 0 Å². The molecule has 0 fully saturated rings. The van der Waals surface area contributed by atoms with Crippen molar-refractivity contribution in [3.63, 3.8) is 0 Å². The fourth-order valence-electron chi connectivity index (χ4n) is 17.0. The molecule has 0 heterocycles. The molecule has 0 aliphatic heterocycles. The van der Waals surface area contributed by atoms with Crippen LogP contribution in [0.2, 0.25) is 0 Å². The summed E-state index contributed by atoms with van der Waals surface area (Å²) in [6.07, 6.45) is 0. The van der Waals surface area contributed by atoms with Crippen LogP contribution in [0.4, 0.5) is 79.6 Å². The number of rotatable bonds is 18. The van der Waals surface area contributed by atoms with E-state index in [1.807, 2.05) is 66.7 Å². The first-order chi connectivity index (χ1) is 69.0. The first kappa shape index (κ1) is 94.2. The summed E-state index contributed by atoms with van der Waals surface area (Å²) >= 11 is 13.9. The van der Waals surface area contributed by atoms with Crippen molar-refractivity contribution < 1.29 is 0 Å². The molecule has 140 heavy (non-hydrogen) atoms. The van der Waals surface area contributed by atoms with Crippen LogP contribution in [0.15, 0.2) is 588 Å². The lowest BCUT2D eigenvalue weighted by Crippen LogP contribution is -2.10. The van der Waals surface area contributed by atoms with Gasteiger partial charge < -0.3 is 31.1 Å². The highest BCUT2D eigenvalue weighted by Gasteiger charge is 2.20. The molecule has 23 aromatic rings. The molecule has 0 aromatic heterocycles. The fourth-order valence-corrected chi connectivity index (χ4v) is 18.0. The van der Waals surface area contributed by atoms with Gasteiger partial charge in [-0.25, -0.2) is 0 Å². The lowest BCUT2D eigenvalue weighted by Gasteiger charge is -2.27. The largest absolute Gasteiger partial charge is 0.399 e. The lowest BCUT2D eigenvalue weighted by molar-refractivity contribution is 1.30. The quantitative estimate of drug-likeness (QED) is 0.0745. The molecule has 676 valence electrons. The molecule has 0 atom stereocenters. The Morgan fingerprint density at radius 2 is 0.343 bits per heavy atom. The molecule has 0 saturated heterocycles. The number of nitrogens with zero attached hydrogens (tertiary/aromatic N) is 3. The van der Waals surface area contributed by atoms with Gasteiger partial charge in [-0.05, 0) is 271 Å². The Morgan fingerprint density at radius 1 is 0.150 bits per heavy atom. The average molecular weight is 2060 g/mol. The Bertz CT molecular complexity index is 7820. The van der Waals surface area contributed by atoms with Crippen LogP contribution in [0.25, 0.3) is 98.7 Å². The Morgan fingerprint density at radius 3 is 0.621 bits per heavy atom. The number of halogens is 4. The zero-order valence-corrected chi connectivity index (χ0v) is 83.0. The van der Waals surface area contributed by atoms with E-state index in [4.69, 9.17) is 5.73 Å². The Labute approximate surface area is 853 Å². The molecule has 0 aliphatic carbocycles. The monoisotopic (exact) mass is 2060 g/mol. The molecule has 10 heteroatoms. The highest BCUT2D eigenvalue weighted by atomic mass is 79.9. The number of hydrogen-bond acceptors (Lipinski definition) is 6. The molecule has 23 rings (SSSR count).